The minimum atomic E-state index is 0.505. The lowest BCUT2D eigenvalue weighted by Gasteiger charge is -2.38. The molecule has 1 fully saturated rings. The van der Waals surface area contributed by atoms with Gasteiger partial charge in [0.05, 0.1) is 18.2 Å². The molecule has 0 aliphatic heterocycles. The Morgan fingerprint density at radius 3 is 2.67 bits per heavy atom. The molecule has 0 bridgehead atoms. The van der Waals surface area contributed by atoms with E-state index in [1.54, 1.807) is 7.11 Å². The first-order chi connectivity index (χ1) is 10.1. The van der Waals surface area contributed by atoms with Gasteiger partial charge in [-0.05, 0) is 58.3 Å². The number of halogens is 1. The van der Waals surface area contributed by atoms with Gasteiger partial charge < -0.3 is 14.8 Å². The van der Waals surface area contributed by atoms with Gasteiger partial charge >= 0.3 is 0 Å². The molecule has 21 heavy (non-hydrogen) atoms. The highest BCUT2D eigenvalue weighted by Gasteiger charge is 2.30. The molecule has 1 N–H and O–H groups in total. The average Bonchev–Trinajstić information content (AvgIpc) is 2.44. The summed E-state index contributed by atoms with van der Waals surface area (Å²) in [5.74, 6) is 1.60. The second-order valence-electron chi connectivity index (χ2n) is 6.23. The summed E-state index contributed by atoms with van der Waals surface area (Å²) < 4.78 is 12.2. The Bertz CT molecular complexity index is 472. The van der Waals surface area contributed by atoms with Crippen molar-refractivity contribution in [1.82, 2.24) is 5.32 Å². The fourth-order valence-corrected chi connectivity index (χ4v) is 3.29. The van der Waals surface area contributed by atoms with Crippen LogP contribution in [0.3, 0.4) is 0 Å². The van der Waals surface area contributed by atoms with Crippen LogP contribution < -0.4 is 14.8 Å². The third kappa shape index (κ3) is 4.36. The summed E-state index contributed by atoms with van der Waals surface area (Å²) in [4.78, 5) is 0. The molecule has 2 rings (SSSR count). The van der Waals surface area contributed by atoms with Gasteiger partial charge in [-0.3, -0.25) is 0 Å². The molecular formula is C17H26BrNO2. The standard InChI is InChI=1S/C17H26BrNO2/c1-4-8-21-16-14(18)9-13(10-15(16)20-3)11-19-12-17(2)6-5-7-17/h9-10,19H,4-8,11-12H2,1-3H3. The molecule has 0 saturated heterocycles. The maximum atomic E-state index is 5.76. The van der Waals surface area contributed by atoms with E-state index < -0.39 is 0 Å². The summed E-state index contributed by atoms with van der Waals surface area (Å²) in [6.07, 6.45) is 5.05. The lowest BCUT2D eigenvalue weighted by molar-refractivity contribution is 0.156. The number of hydrogen-bond acceptors (Lipinski definition) is 3. The second-order valence-corrected chi connectivity index (χ2v) is 7.08. The topological polar surface area (TPSA) is 30.5 Å². The monoisotopic (exact) mass is 355 g/mol. The highest BCUT2D eigenvalue weighted by molar-refractivity contribution is 9.10. The molecule has 1 aliphatic rings. The fourth-order valence-electron chi connectivity index (χ4n) is 2.69. The second kappa shape index (κ2) is 7.50. The number of ether oxygens (including phenoxy) is 2. The summed E-state index contributed by atoms with van der Waals surface area (Å²) >= 11 is 3.59. The van der Waals surface area contributed by atoms with Crippen LogP contribution >= 0.6 is 15.9 Å². The van der Waals surface area contributed by atoms with Gasteiger partial charge in [-0.2, -0.15) is 0 Å². The first kappa shape index (κ1) is 16.6. The van der Waals surface area contributed by atoms with Gasteiger partial charge in [-0.25, -0.2) is 0 Å². The lowest BCUT2D eigenvalue weighted by Crippen LogP contribution is -2.36. The summed E-state index contributed by atoms with van der Waals surface area (Å²) in [7, 11) is 1.69. The summed E-state index contributed by atoms with van der Waals surface area (Å²) in [5, 5.41) is 3.57. The third-order valence-electron chi connectivity index (χ3n) is 4.18. The van der Waals surface area contributed by atoms with Crippen molar-refractivity contribution in [1.29, 1.82) is 0 Å². The minimum Gasteiger partial charge on any atom is -0.493 e. The van der Waals surface area contributed by atoms with E-state index in [1.165, 1.54) is 24.8 Å². The summed E-state index contributed by atoms with van der Waals surface area (Å²) in [6.45, 7) is 7.10. The van der Waals surface area contributed by atoms with E-state index in [-0.39, 0.29) is 0 Å². The predicted octanol–water partition coefficient (Wildman–Crippen LogP) is 4.53. The molecule has 118 valence electrons. The van der Waals surface area contributed by atoms with Crippen molar-refractivity contribution in [3.05, 3.63) is 22.2 Å². The minimum absolute atomic E-state index is 0.505. The molecule has 1 aromatic carbocycles. The number of methoxy groups -OCH3 is 1. The number of benzene rings is 1. The van der Waals surface area contributed by atoms with Gasteiger partial charge in [0, 0.05) is 13.1 Å². The van der Waals surface area contributed by atoms with Crippen molar-refractivity contribution < 1.29 is 9.47 Å². The highest BCUT2D eigenvalue weighted by atomic mass is 79.9. The van der Waals surface area contributed by atoms with Gasteiger partial charge in [-0.15, -0.1) is 0 Å². The first-order valence-corrected chi connectivity index (χ1v) is 8.57. The molecule has 1 aromatic rings. The highest BCUT2D eigenvalue weighted by Crippen LogP contribution is 2.40. The summed E-state index contributed by atoms with van der Waals surface area (Å²) in [6, 6.07) is 4.18. The molecule has 0 spiro atoms. The van der Waals surface area contributed by atoms with Crippen LogP contribution in [0.4, 0.5) is 0 Å². The van der Waals surface area contributed by atoms with Gasteiger partial charge in [-0.1, -0.05) is 20.3 Å². The van der Waals surface area contributed by atoms with Crippen LogP contribution in [-0.4, -0.2) is 20.3 Å². The first-order valence-electron chi connectivity index (χ1n) is 7.78. The quantitative estimate of drug-likeness (QED) is 0.743. The van der Waals surface area contributed by atoms with Crippen molar-refractivity contribution in [3.63, 3.8) is 0 Å². The third-order valence-corrected chi connectivity index (χ3v) is 4.77. The molecule has 4 heteroatoms. The van der Waals surface area contributed by atoms with E-state index in [4.69, 9.17) is 9.47 Å². The fraction of sp³-hybridized carbons (Fsp3) is 0.647. The van der Waals surface area contributed by atoms with E-state index in [1.807, 2.05) is 0 Å². The molecular weight excluding hydrogens is 330 g/mol. The molecule has 0 unspecified atom stereocenters. The van der Waals surface area contributed by atoms with Crippen molar-refractivity contribution in [2.45, 2.75) is 46.1 Å². The normalized spacial score (nSPS) is 16.4. The maximum absolute atomic E-state index is 5.76. The van der Waals surface area contributed by atoms with Gasteiger partial charge in [0.2, 0.25) is 0 Å². The van der Waals surface area contributed by atoms with Crippen LogP contribution in [0, 0.1) is 5.41 Å². The molecule has 0 amide bonds. The average molecular weight is 356 g/mol. The molecule has 1 aliphatic carbocycles. The van der Waals surface area contributed by atoms with Crippen molar-refractivity contribution >= 4 is 15.9 Å². The molecule has 0 radical (unpaired) electrons. The largest absolute Gasteiger partial charge is 0.493 e. The lowest BCUT2D eigenvalue weighted by atomic mass is 9.70. The summed E-state index contributed by atoms with van der Waals surface area (Å²) in [5.41, 5.74) is 1.72. The van der Waals surface area contributed by atoms with Crippen molar-refractivity contribution in [2.24, 2.45) is 5.41 Å². The zero-order valence-electron chi connectivity index (χ0n) is 13.3. The van der Waals surface area contributed by atoms with E-state index >= 15 is 0 Å². The molecule has 0 heterocycles. The van der Waals surface area contributed by atoms with Crippen molar-refractivity contribution in [2.75, 3.05) is 20.3 Å². The number of nitrogens with one attached hydrogen (secondary N) is 1. The zero-order chi connectivity index (χ0) is 15.3. The molecule has 0 aromatic heterocycles. The van der Waals surface area contributed by atoms with E-state index in [0.717, 1.165) is 35.5 Å². The van der Waals surface area contributed by atoms with Crippen molar-refractivity contribution in [3.8, 4) is 11.5 Å². The number of hydrogen-bond donors (Lipinski definition) is 1. The van der Waals surface area contributed by atoms with Crippen LogP contribution in [-0.2, 0) is 6.54 Å². The maximum Gasteiger partial charge on any atom is 0.175 e. The zero-order valence-corrected chi connectivity index (χ0v) is 14.9. The Labute approximate surface area is 136 Å². The Kier molecular flexibility index (Phi) is 5.94. The van der Waals surface area contributed by atoms with Crippen LogP contribution in [0.5, 0.6) is 11.5 Å². The molecule has 3 nitrogen and oxygen atoms in total. The van der Waals surface area contributed by atoms with Crippen LogP contribution in [0.1, 0.15) is 45.1 Å². The van der Waals surface area contributed by atoms with E-state index in [9.17, 15) is 0 Å². The Morgan fingerprint density at radius 2 is 2.10 bits per heavy atom. The Balaban J connectivity index is 1.98. The van der Waals surface area contributed by atoms with Crippen LogP contribution in [0.15, 0.2) is 16.6 Å². The smallest absolute Gasteiger partial charge is 0.175 e. The van der Waals surface area contributed by atoms with Gasteiger partial charge in [0.1, 0.15) is 0 Å². The Morgan fingerprint density at radius 1 is 1.33 bits per heavy atom. The van der Waals surface area contributed by atoms with E-state index in [2.05, 4.69) is 47.2 Å². The van der Waals surface area contributed by atoms with Crippen LogP contribution in [0.2, 0.25) is 0 Å². The molecule has 1 saturated carbocycles. The predicted molar refractivity (Wildman–Crippen MR) is 90.1 cm³/mol. The SMILES string of the molecule is CCCOc1c(Br)cc(CNCC2(C)CCC2)cc1OC. The van der Waals surface area contributed by atoms with Gasteiger partial charge in [0.15, 0.2) is 11.5 Å². The number of rotatable bonds is 8. The van der Waals surface area contributed by atoms with Crippen LogP contribution in [0.25, 0.3) is 0 Å². The van der Waals surface area contributed by atoms with Gasteiger partial charge in [0.25, 0.3) is 0 Å². The van der Waals surface area contributed by atoms with E-state index in [0.29, 0.717) is 12.0 Å². The Hall–Kier alpha value is -0.740. The molecule has 0 atom stereocenters.